The van der Waals surface area contributed by atoms with Crippen LogP contribution in [-0.2, 0) is 4.84 Å². The lowest BCUT2D eigenvalue weighted by molar-refractivity contribution is 0.0432. The molecule has 0 aliphatic rings. The molecule has 0 aliphatic carbocycles. The van der Waals surface area contributed by atoms with Gasteiger partial charge in [0.25, 0.3) is 0 Å². The van der Waals surface area contributed by atoms with E-state index in [1.807, 2.05) is 6.92 Å². The first-order chi connectivity index (χ1) is 7.74. The molecule has 0 heterocycles. The highest BCUT2D eigenvalue weighted by molar-refractivity contribution is 5.87. The standard InChI is InChI=1S/C11H15NO4/c1-2-16-12-6-7-15-10-5-3-4-9(8-10)11(13)14/h3-5,8,12H,2,6-7H2,1H3,(H,13,14). The van der Waals surface area contributed by atoms with Gasteiger partial charge in [0, 0.05) is 0 Å². The molecule has 0 aromatic heterocycles. The monoisotopic (exact) mass is 225 g/mol. The van der Waals surface area contributed by atoms with E-state index in [0.29, 0.717) is 25.5 Å². The van der Waals surface area contributed by atoms with Crippen LogP contribution in [0.1, 0.15) is 17.3 Å². The summed E-state index contributed by atoms with van der Waals surface area (Å²) >= 11 is 0. The van der Waals surface area contributed by atoms with Crippen molar-refractivity contribution in [3.8, 4) is 5.75 Å². The molecule has 0 amide bonds. The zero-order valence-electron chi connectivity index (χ0n) is 9.10. The van der Waals surface area contributed by atoms with E-state index in [0.717, 1.165) is 0 Å². The summed E-state index contributed by atoms with van der Waals surface area (Å²) in [6, 6.07) is 6.37. The summed E-state index contributed by atoms with van der Waals surface area (Å²) in [4.78, 5) is 15.6. The lowest BCUT2D eigenvalue weighted by Crippen LogP contribution is -2.21. The predicted molar refractivity (Wildman–Crippen MR) is 58.5 cm³/mol. The van der Waals surface area contributed by atoms with Crippen LogP contribution in [0.25, 0.3) is 0 Å². The van der Waals surface area contributed by atoms with Gasteiger partial charge in [-0.25, -0.2) is 4.79 Å². The van der Waals surface area contributed by atoms with Crippen LogP contribution in [0.2, 0.25) is 0 Å². The fraction of sp³-hybridized carbons (Fsp3) is 0.364. The lowest BCUT2D eigenvalue weighted by Gasteiger charge is -2.07. The van der Waals surface area contributed by atoms with Crippen LogP contribution in [0, 0.1) is 0 Å². The Bertz CT molecular complexity index is 341. The zero-order chi connectivity index (χ0) is 11.8. The third-order valence-electron chi connectivity index (χ3n) is 1.80. The van der Waals surface area contributed by atoms with Crippen molar-refractivity contribution in [2.45, 2.75) is 6.92 Å². The molecule has 0 bridgehead atoms. The van der Waals surface area contributed by atoms with E-state index >= 15 is 0 Å². The van der Waals surface area contributed by atoms with Crippen LogP contribution < -0.4 is 10.2 Å². The summed E-state index contributed by atoms with van der Waals surface area (Å²) < 4.78 is 5.34. The highest BCUT2D eigenvalue weighted by Crippen LogP contribution is 2.12. The third-order valence-corrected chi connectivity index (χ3v) is 1.80. The minimum Gasteiger partial charge on any atom is -0.492 e. The molecule has 0 saturated heterocycles. The molecule has 0 atom stereocenters. The number of rotatable bonds is 7. The van der Waals surface area contributed by atoms with Crippen molar-refractivity contribution in [2.75, 3.05) is 19.8 Å². The molecular formula is C11H15NO4. The predicted octanol–water partition coefficient (Wildman–Crippen LogP) is 1.30. The van der Waals surface area contributed by atoms with E-state index < -0.39 is 5.97 Å². The van der Waals surface area contributed by atoms with Gasteiger partial charge < -0.3 is 14.7 Å². The van der Waals surface area contributed by atoms with Crippen molar-refractivity contribution in [1.29, 1.82) is 0 Å². The van der Waals surface area contributed by atoms with Gasteiger partial charge in [0.2, 0.25) is 0 Å². The number of hydroxylamine groups is 1. The number of aromatic carboxylic acids is 1. The van der Waals surface area contributed by atoms with Gasteiger partial charge in [-0.05, 0) is 25.1 Å². The van der Waals surface area contributed by atoms with Crippen LogP contribution in [0.15, 0.2) is 24.3 Å². The number of carboxylic acid groups (broad SMARTS) is 1. The van der Waals surface area contributed by atoms with Crippen LogP contribution in [0.5, 0.6) is 5.75 Å². The van der Waals surface area contributed by atoms with E-state index in [-0.39, 0.29) is 5.56 Å². The third kappa shape index (κ3) is 4.29. The summed E-state index contributed by atoms with van der Waals surface area (Å²) in [7, 11) is 0. The van der Waals surface area contributed by atoms with Crippen molar-refractivity contribution in [3.05, 3.63) is 29.8 Å². The van der Waals surface area contributed by atoms with Crippen molar-refractivity contribution < 1.29 is 19.5 Å². The molecule has 0 saturated carbocycles. The molecule has 0 spiro atoms. The first kappa shape index (κ1) is 12.5. The Hall–Kier alpha value is -1.59. The fourth-order valence-electron chi connectivity index (χ4n) is 1.10. The molecule has 16 heavy (non-hydrogen) atoms. The molecule has 0 unspecified atom stereocenters. The van der Waals surface area contributed by atoms with Gasteiger partial charge in [-0.2, -0.15) is 5.48 Å². The first-order valence-corrected chi connectivity index (χ1v) is 5.05. The molecule has 0 fully saturated rings. The molecule has 2 N–H and O–H groups in total. The lowest BCUT2D eigenvalue weighted by atomic mass is 10.2. The maximum atomic E-state index is 10.7. The second kappa shape index (κ2) is 6.81. The Morgan fingerprint density at radius 1 is 1.50 bits per heavy atom. The first-order valence-electron chi connectivity index (χ1n) is 5.05. The molecule has 1 aromatic rings. The van der Waals surface area contributed by atoms with Gasteiger partial charge in [-0.1, -0.05) is 6.07 Å². The van der Waals surface area contributed by atoms with Crippen LogP contribution >= 0.6 is 0 Å². The second-order valence-corrected chi connectivity index (χ2v) is 3.01. The van der Waals surface area contributed by atoms with Gasteiger partial charge >= 0.3 is 5.97 Å². The topological polar surface area (TPSA) is 67.8 Å². The van der Waals surface area contributed by atoms with Gasteiger partial charge in [0.15, 0.2) is 0 Å². The van der Waals surface area contributed by atoms with E-state index in [1.165, 1.54) is 12.1 Å². The molecule has 5 nitrogen and oxygen atoms in total. The highest BCUT2D eigenvalue weighted by atomic mass is 16.6. The Kier molecular flexibility index (Phi) is 5.31. The smallest absolute Gasteiger partial charge is 0.335 e. The summed E-state index contributed by atoms with van der Waals surface area (Å²) in [6.45, 7) is 3.44. The Labute approximate surface area is 93.9 Å². The molecule has 1 rings (SSSR count). The average molecular weight is 225 g/mol. The maximum absolute atomic E-state index is 10.7. The molecule has 1 aromatic carbocycles. The van der Waals surface area contributed by atoms with Crippen molar-refractivity contribution >= 4 is 5.97 Å². The van der Waals surface area contributed by atoms with E-state index in [4.69, 9.17) is 14.7 Å². The second-order valence-electron chi connectivity index (χ2n) is 3.01. The summed E-state index contributed by atoms with van der Waals surface area (Å²) in [6.07, 6.45) is 0. The van der Waals surface area contributed by atoms with Gasteiger partial charge in [0.1, 0.15) is 12.4 Å². The normalized spacial score (nSPS) is 10.1. The molecule has 88 valence electrons. The molecule has 5 heteroatoms. The van der Waals surface area contributed by atoms with Crippen molar-refractivity contribution in [1.82, 2.24) is 5.48 Å². The maximum Gasteiger partial charge on any atom is 0.335 e. The Balaban J connectivity index is 2.36. The van der Waals surface area contributed by atoms with Crippen molar-refractivity contribution in [3.63, 3.8) is 0 Å². The number of hydrogen-bond donors (Lipinski definition) is 2. The molecule has 0 radical (unpaired) electrons. The number of benzene rings is 1. The number of nitrogens with one attached hydrogen (secondary N) is 1. The van der Waals surface area contributed by atoms with Gasteiger partial charge in [0.05, 0.1) is 18.7 Å². The Morgan fingerprint density at radius 3 is 3.00 bits per heavy atom. The number of carbonyl (C=O) groups is 1. The fourth-order valence-corrected chi connectivity index (χ4v) is 1.10. The summed E-state index contributed by atoms with van der Waals surface area (Å²) in [5.74, 6) is -0.420. The minimum absolute atomic E-state index is 0.218. The van der Waals surface area contributed by atoms with E-state index in [9.17, 15) is 4.79 Å². The van der Waals surface area contributed by atoms with Crippen LogP contribution in [0.3, 0.4) is 0 Å². The zero-order valence-corrected chi connectivity index (χ0v) is 9.10. The summed E-state index contributed by atoms with van der Waals surface area (Å²) in [5.41, 5.74) is 2.92. The SMILES string of the molecule is CCONCCOc1cccc(C(=O)O)c1. The largest absolute Gasteiger partial charge is 0.492 e. The number of ether oxygens (including phenoxy) is 1. The number of carboxylic acids is 1. The van der Waals surface area contributed by atoms with Crippen LogP contribution in [-0.4, -0.2) is 30.8 Å². The molecular weight excluding hydrogens is 210 g/mol. The van der Waals surface area contributed by atoms with E-state index in [2.05, 4.69) is 5.48 Å². The average Bonchev–Trinajstić information content (AvgIpc) is 2.29. The molecule has 0 aliphatic heterocycles. The van der Waals surface area contributed by atoms with Gasteiger partial charge in [-0.3, -0.25) is 0 Å². The highest BCUT2D eigenvalue weighted by Gasteiger charge is 2.03. The van der Waals surface area contributed by atoms with E-state index in [1.54, 1.807) is 12.1 Å². The minimum atomic E-state index is -0.960. The van der Waals surface area contributed by atoms with Crippen molar-refractivity contribution in [2.24, 2.45) is 0 Å². The van der Waals surface area contributed by atoms with Crippen LogP contribution in [0.4, 0.5) is 0 Å². The summed E-state index contributed by atoms with van der Waals surface area (Å²) in [5, 5.41) is 8.76. The Morgan fingerprint density at radius 2 is 2.31 bits per heavy atom. The number of hydrogen-bond acceptors (Lipinski definition) is 4. The quantitative estimate of drug-likeness (QED) is 0.541. The van der Waals surface area contributed by atoms with Gasteiger partial charge in [-0.15, -0.1) is 0 Å².